The molecular formula is C34H41F2N2O10P. The Bertz CT molecular complexity index is 1560. The number of esters is 1. The van der Waals surface area contributed by atoms with Crippen molar-refractivity contribution in [2.45, 2.75) is 51.4 Å². The van der Waals surface area contributed by atoms with Crippen molar-refractivity contribution in [3.05, 3.63) is 95.1 Å². The smallest absolute Gasteiger partial charge is 0.408 e. The Labute approximate surface area is 283 Å². The Balaban J connectivity index is 1.64. The van der Waals surface area contributed by atoms with Gasteiger partial charge in [0.25, 0.3) is 0 Å². The van der Waals surface area contributed by atoms with Gasteiger partial charge in [-0.15, -0.1) is 0 Å². The zero-order chi connectivity index (χ0) is 35.9. The molecule has 0 aliphatic heterocycles. The molecule has 3 aromatic rings. The monoisotopic (exact) mass is 706 g/mol. The summed E-state index contributed by atoms with van der Waals surface area (Å²) >= 11 is 0. The van der Waals surface area contributed by atoms with E-state index in [1.807, 2.05) is 6.07 Å². The van der Waals surface area contributed by atoms with E-state index in [2.05, 4.69) is 10.6 Å². The van der Waals surface area contributed by atoms with Crippen molar-refractivity contribution < 1.29 is 56.1 Å². The minimum atomic E-state index is -4.82. The molecule has 2 amide bonds. The SMILES string of the molecule is CCOP(=O)(OCC)C(F)(F)c1ccc(C[C@H](NC(=O)OCc2ccccc2)C(=O)NCCCCOc2cccc(O)c2C(=O)OC)cc1. The van der Waals surface area contributed by atoms with Gasteiger partial charge in [0.2, 0.25) is 5.91 Å². The lowest BCUT2D eigenvalue weighted by Gasteiger charge is -2.26. The Morgan fingerprint density at radius 1 is 0.898 bits per heavy atom. The molecule has 0 aliphatic carbocycles. The molecule has 1 atom stereocenters. The Kier molecular flexibility index (Phi) is 15.0. The molecule has 15 heteroatoms. The first-order valence-electron chi connectivity index (χ1n) is 15.6. The lowest BCUT2D eigenvalue weighted by molar-refractivity contribution is -0.123. The molecule has 0 radical (unpaired) electrons. The minimum Gasteiger partial charge on any atom is -0.507 e. The van der Waals surface area contributed by atoms with Crippen LogP contribution in [-0.4, -0.2) is 62.6 Å². The molecule has 3 N–H and O–H groups in total. The standard InChI is InChI=1S/C34H41F2N2O10P/c1-4-47-49(43,48-5-2)34(35,36)26-18-16-24(17-19-26)22-27(38-33(42)46-23-25-12-7-6-8-13-25)31(40)37-20-9-10-21-45-29-15-11-14-28(39)30(29)32(41)44-3/h6-8,11-19,27,39H,4-5,9-10,20-23H2,1-3H3,(H,37,40)(H,38,42)/t27-/m0/s1. The number of phenols is 1. The average molecular weight is 707 g/mol. The average Bonchev–Trinajstić information content (AvgIpc) is 3.09. The number of methoxy groups -OCH3 is 1. The molecule has 12 nitrogen and oxygen atoms in total. The molecule has 0 unspecified atom stereocenters. The number of hydrogen-bond acceptors (Lipinski definition) is 10. The van der Waals surface area contributed by atoms with Crippen LogP contribution in [0.2, 0.25) is 0 Å². The zero-order valence-electron chi connectivity index (χ0n) is 27.5. The highest BCUT2D eigenvalue weighted by atomic mass is 31.2. The van der Waals surface area contributed by atoms with Crippen molar-refractivity contribution in [3.8, 4) is 11.5 Å². The molecule has 0 heterocycles. The maximum Gasteiger partial charge on any atom is 0.408 e. The van der Waals surface area contributed by atoms with E-state index < -0.39 is 42.8 Å². The third-order valence-electron chi connectivity index (χ3n) is 7.03. The predicted octanol–water partition coefficient (Wildman–Crippen LogP) is 6.31. The number of aromatic hydroxyl groups is 1. The highest BCUT2D eigenvalue weighted by Gasteiger charge is 2.54. The van der Waals surface area contributed by atoms with Gasteiger partial charge in [0, 0.05) is 18.5 Å². The van der Waals surface area contributed by atoms with Crippen molar-refractivity contribution in [1.82, 2.24) is 10.6 Å². The lowest BCUT2D eigenvalue weighted by Crippen LogP contribution is -2.48. The van der Waals surface area contributed by atoms with Crippen LogP contribution < -0.4 is 15.4 Å². The number of phenolic OH excluding ortho intramolecular Hbond substituents is 1. The third-order valence-corrected chi connectivity index (χ3v) is 9.17. The van der Waals surface area contributed by atoms with Gasteiger partial charge in [-0.1, -0.05) is 60.7 Å². The van der Waals surface area contributed by atoms with Gasteiger partial charge in [-0.3, -0.25) is 9.36 Å². The summed E-state index contributed by atoms with van der Waals surface area (Å²) in [7, 11) is -3.63. The molecule has 0 spiro atoms. The molecular weight excluding hydrogens is 665 g/mol. The topological polar surface area (TPSA) is 159 Å². The maximum absolute atomic E-state index is 15.2. The van der Waals surface area contributed by atoms with Crippen LogP contribution in [0.1, 0.15) is 53.7 Å². The van der Waals surface area contributed by atoms with Gasteiger partial charge in [-0.2, -0.15) is 8.78 Å². The van der Waals surface area contributed by atoms with Gasteiger partial charge in [-0.05, 0) is 49.9 Å². The summed E-state index contributed by atoms with van der Waals surface area (Å²) in [6.07, 6.45) is -0.0323. The van der Waals surface area contributed by atoms with Crippen LogP contribution in [0, 0.1) is 0 Å². The number of carbonyl (C=O) groups is 3. The molecule has 3 rings (SSSR count). The fourth-order valence-corrected chi connectivity index (χ4v) is 6.13. The van der Waals surface area contributed by atoms with Crippen molar-refractivity contribution >= 4 is 25.6 Å². The first-order chi connectivity index (χ1) is 23.5. The number of ether oxygens (including phenoxy) is 3. The van der Waals surface area contributed by atoms with Gasteiger partial charge in [0.15, 0.2) is 0 Å². The van der Waals surface area contributed by atoms with Crippen LogP contribution >= 0.6 is 7.60 Å². The second-order valence-electron chi connectivity index (χ2n) is 10.5. The van der Waals surface area contributed by atoms with Crippen LogP contribution in [0.4, 0.5) is 13.6 Å². The predicted molar refractivity (Wildman–Crippen MR) is 176 cm³/mol. The Hall–Kier alpha value is -4.52. The molecule has 49 heavy (non-hydrogen) atoms. The summed E-state index contributed by atoms with van der Waals surface area (Å²) in [4.78, 5) is 37.9. The van der Waals surface area contributed by atoms with Crippen LogP contribution in [-0.2, 0) is 46.6 Å². The Morgan fingerprint density at radius 3 is 2.20 bits per heavy atom. The molecule has 266 valence electrons. The fourth-order valence-electron chi connectivity index (χ4n) is 4.58. The van der Waals surface area contributed by atoms with E-state index in [0.717, 1.165) is 17.7 Å². The molecule has 0 aliphatic rings. The van der Waals surface area contributed by atoms with Crippen molar-refractivity contribution in [2.24, 2.45) is 0 Å². The number of alkyl carbamates (subject to hydrolysis) is 1. The minimum absolute atomic E-state index is 0.0403. The number of rotatable bonds is 19. The Morgan fingerprint density at radius 2 is 1.57 bits per heavy atom. The van der Waals surface area contributed by atoms with Crippen molar-refractivity contribution in [3.63, 3.8) is 0 Å². The van der Waals surface area contributed by atoms with E-state index in [1.54, 1.807) is 24.3 Å². The molecule has 0 saturated carbocycles. The van der Waals surface area contributed by atoms with E-state index in [0.29, 0.717) is 18.4 Å². The van der Waals surface area contributed by atoms with E-state index in [4.69, 9.17) is 23.3 Å². The van der Waals surface area contributed by atoms with E-state index in [9.17, 15) is 24.1 Å². The third kappa shape index (κ3) is 11.0. The van der Waals surface area contributed by atoms with E-state index in [-0.39, 0.29) is 56.5 Å². The number of hydrogen-bond donors (Lipinski definition) is 3. The van der Waals surface area contributed by atoms with Crippen molar-refractivity contribution in [2.75, 3.05) is 33.5 Å². The molecule has 3 aromatic carbocycles. The number of halogens is 2. The number of unbranched alkanes of at least 4 members (excludes halogenated alkanes) is 1. The molecule has 0 aromatic heterocycles. The second kappa shape index (κ2) is 18.9. The van der Waals surface area contributed by atoms with Gasteiger partial charge in [-0.25, -0.2) is 9.59 Å². The van der Waals surface area contributed by atoms with Gasteiger partial charge in [0.05, 0.1) is 26.9 Å². The van der Waals surface area contributed by atoms with Gasteiger partial charge < -0.3 is 39.0 Å². The zero-order valence-corrected chi connectivity index (χ0v) is 28.4. The summed E-state index contributed by atoms with van der Waals surface area (Å²) in [5.74, 6) is -1.43. The largest absolute Gasteiger partial charge is 0.507 e. The summed E-state index contributed by atoms with van der Waals surface area (Å²) in [5.41, 5.74) is -3.46. The molecule has 0 bridgehead atoms. The van der Waals surface area contributed by atoms with Crippen LogP contribution in [0.15, 0.2) is 72.8 Å². The second-order valence-corrected chi connectivity index (χ2v) is 12.6. The normalized spacial score (nSPS) is 12.1. The molecule has 0 saturated heterocycles. The van der Waals surface area contributed by atoms with E-state index >= 15 is 8.78 Å². The van der Waals surface area contributed by atoms with Crippen molar-refractivity contribution in [1.29, 1.82) is 0 Å². The summed E-state index contributed by atoms with van der Waals surface area (Å²) in [6.45, 7) is 2.69. The quantitative estimate of drug-likeness (QED) is 0.0733. The summed E-state index contributed by atoms with van der Waals surface area (Å²) < 4.78 is 68.6. The number of nitrogens with one attached hydrogen (secondary N) is 2. The van der Waals surface area contributed by atoms with Gasteiger partial charge in [0.1, 0.15) is 29.7 Å². The summed E-state index contributed by atoms with van der Waals surface area (Å²) in [6, 6.07) is 17.0. The number of alkyl halides is 2. The first kappa shape index (κ1) is 38.9. The number of amides is 2. The highest BCUT2D eigenvalue weighted by Crippen LogP contribution is 2.66. The van der Waals surface area contributed by atoms with Crippen LogP contribution in [0.3, 0.4) is 0 Å². The number of carbonyl (C=O) groups excluding carboxylic acids is 3. The van der Waals surface area contributed by atoms with Crippen LogP contribution in [0.25, 0.3) is 0 Å². The first-order valence-corrected chi connectivity index (χ1v) is 17.1. The van der Waals surface area contributed by atoms with Gasteiger partial charge >= 0.3 is 25.3 Å². The number of benzene rings is 3. The maximum atomic E-state index is 15.2. The highest BCUT2D eigenvalue weighted by molar-refractivity contribution is 7.54. The summed E-state index contributed by atoms with van der Waals surface area (Å²) in [5, 5.41) is 15.3. The van der Waals surface area contributed by atoms with E-state index in [1.165, 1.54) is 51.3 Å². The lowest BCUT2D eigenvalue weighted by atomic mass is 10.0. The fraction of sp³-hybridized carbons (Fsp3) is 0.382. The van der Waals surface area contributed by atoms with Crippen LogP contribution in [0.5, 0.6) is 11.5 Å². The molecule has 0 fully saturated rings.